The van der Waals surface area contributed by atoms with Gasteiger partial charge in [-0.1, -0.05) is 15.9 Å². The minimum Gasteiger partial charge on any atom is -0.480 e. The van der Waals surface area contributed by atoms with Gasteiger partial charge in [0, 0.05) is 10.0 Å². The average molecular weight is 342 g/mol. The maximum absolute atomic E-state index is 12.3. The van der Waals surface area contributed by atoms with Gasteiger partial charge in [-0.05, 0) is 37.6 Å². The monoisotopic (exact) mass is 341 g/mol. The molecule has 1 aromatic carbocycles. The molecule has 0 aliphatic carbocycles. The van der Waals surface area contributed by atoms with Gasteiger partial charge >= 0.3 is 5.97 Å². The van der Waals surface area contributed by atoms with Gasteiger partial charge in [-0.15, -0.1) is 0 Å². The van der Waals surface area contributed by atoms with Crippen molar-refractivity contribution in [2.75, 3.05) is 19.7 Å². The van der Waals surface area contributed by atoms with E-state index in [9.17, 15) is 9.59 Å². The second kappa shape index (κ2) is 5.54. The van der Waals surface area contributed by atoms with E-state index in [0.717, 1.165) is 10.0 Å². The Labute approximate surface area is 125 Å². The second-order valence-electron chi connectivity index (χ2n) is 5.31. The Kier molecular flexibility index (Phi) is 4.15. The highest BCUT2D eigenvalue weighted by Gasteiger charge is 2.42. The molecule has 1 aliphatic heterocycles. The van der Waals surface area contributed by atoms with Crippen LogP contribution in [0.4, 0.5) is 0 Å². The Bertz CT molecular complexity index is 532. The molecule has 1 heterocycles. The van der Waals surface area contributed by atoms with E-state index in [1.54, 1.807) is 11.0 Å². The number of benzene rings is 1. The number of rotatable bonds is 4. The summed E-state index contributed by atoms with van der Waals surface area (Å²) in [6, 6.07) is 5.55. The van der Waals surface area contributed by atoms with E-state index in [0.29, 0.717) is 18.7 Å². The van der Waals surface area contributed by atoms with E-state index < -0.39 is 11.6 Å². The topological polar surface area (TPSA) is 66.8 Å². The van der Waals surface area contributed by atoms with Gasteiger partial charge in [-0.2, -0.15) is 0 Å². The molecular weight excluding hydrogens is 326 g/mol. The van der Waals surface area contributed by atoms with Crippen molar-refractivity contribution in [1.29, 1.82) is 0 Å². The van der Waals surface area contributed by atoms with Crippen molar-refractivity contribution in [3.63, 3.8) is 0 Å². The predicted octanol–water partition coefficient (Wildman–Crippen LogP) is 2.07. The number of nitrogens with zero attached hydrogens (tertiary/aromatic N) is 1. The summed E-state index contributed by atoms with van der Waals surface area (Å²) < 4.78 is 6.15. The molecule has 5 nitrogen and oxygen atoms in total. The molecule has 20 heavy (non-hydrogen) atoms. The van der Waals surface area contributed by atoms with Crippen molar-refractivity contribution >= 4 is 27.8 Å². The minimum absolute atomic E-state index is 0.0641. The lowest BCUT2D eigenvalue weighted by Gasteiger charge is -2.47. The highest BCUT2D eigenvalue weighted by Crippen LogP contribution is 2.27. The fourth-order valence-corrected chi connectivity index (χ4v) is 2.88. The number of carboxylic acid groups (broad SMARTS) is 1. The smallest absolute Gasteiger partial charge is 0.329 e. The molecule has 1 fully saturated rings. The summed E-state index contributed by atoms with van der Waals surface area (Å²) in [6.07, 6.45) is 0. The van der Waals surface area contributed by atoms with Gasteiger partial charge in [0.15, 0.2) is 0 Å². The molecule has 1 N–H and O–H groups in total. The lowest BCUT2D eigenvalue weighted by atomic mass is 9.95. The Hall–Kier alpha value is -1.40. The van der Waals surface area contributed by atoms with Crippen LogP contribution in [0.25, 0.3) is 0 Å². The third-order valence-corrected chi connectivity index (χ3v) is 3.63. The Morgan fingerprint density at radius 1 is 1.40 bits per heavy atom. The van der Waals surface area contributed by atoms with Gasteiger partial charge < -0.3 is 14.7 Å². The van der Waals surface area contributed by atoms with Gasteiger partial charge in [0.2, 0.25) is 0 Å². The molecule has 6 heteroatoms. The number of carbonyl (C=O) groups is 2. The van der Waals surface area contributed by atoms with Crippen LogP contribution in [0.5, 0.6) is 0 Å². The van der Waals surface area contributed by atoms with Gasteiger partial charge in [0.25, 0.3) is 5.91 Å². The first kappa shape index (κ1) is 15.0. The summed E-state index contributed by atoms with van der Waals surface area (Å²) in [5, 5.41) is 8.60. The number of aryl methyl sites for hydroxylation is 1. The van der Waals surface area contributed by atoms with Crippen LogP contribution in [0.15, 0.2) is 22.7 Å². The summed E-state index contributed by atoms with van der Waals surface area (Å²) in [4.78, 5) is 24.4. The zero-order valence-corrected chi connectivity index (χ0v) is 12.9. The lowest BCUT2D eigenvalue weighted by Crippen LogP contribution is -2.63. The van der Waals surface area contributed by atoms with Gasteiger partial charge in [-0.3, -0.25) is 4.79 Å². The maximum Gasteiger partial charge on any atom is 0.329 e. The fraction of sp³-hybridized carbons (Fsp3) is 0.429. The number of amides is 1. The van der Waals surface area contributed by atoms with Gasteiger partial charge in [0.05, 0.1) is 13.1 Å². The number of halogens is 1. The zero-order chi connectivity index (χ0) is 14.9. The number of hydrogen-bond donors (Lipinski definition) is 1. The third-order valence-electron chi connectivity index (χ3n) is 3.17. The molecule has 1 aliphatic rings. The van der Waals surface area contributed by atoms with Crippen molar-refractivity contribution in [2.45, 2.75) is 19.4 Å². The first-order valence-corrected chi connectivity index (χ1v) is 7.01. The first-order chi connectivity index (χ1) is 9.29. The molecule has 1 saturated heterocycles. The fourth-order valence-electron chi connectivity index (χ4n) is 2.27. The van der Waals surface area contributed by atoms with E-state index >= 15 is 0 Å². The van der Waals surface area contributed by atoms with Gasteiger partial charge in [0.1, 0.15) is 12.2 Å². The Morgan fingerprint density at radius 2 is 2.05 bits per heavy atom. The number of ether oxygens (including phenoxy) is 1. The molecule has 2 rings (SSSR count). The van der Waals surface area contributed by atoms with Crippen LogP contribution in [0.1, 0.15) is 22.8 Å². The predicted molar refractivity (Wildman–Crippen MR) is 76.8 cm³/mol. The summed E-state index contributed by atoms with van der Waals surface area (Å²) in [7, 11) is 0. The Balaban J connectivity index is 1.98. The van der Waals surface area contributed by atoms with Crippen LogP contribution < -0.4 is 0 Å². The molecular formula is C14H16BrNO4. The average Bonchev–Trinajstić information content (AvgIpc) is 2.31. The van der Waals surface area contributed by atoms with Gasteiger partial charge in [-0.25, -0.2) is 4.79 Å². The van der Waals surface area contributed by atoms with Crippen molar-refractivity contribution < 1.29 is 19.4 Å². The highest BCUT2D eigenvalue weighted by molar-refractivity contribution is 9.10. The standard InChI is InChI=1S/C14H16BrNO4/c1-9-3-10(5-11(15)4-9)13(19)16-7-14(2,8-16)20-6-12(17)18/h3-5H,6-8H2,1-2H3,(H,17,18). The molecule has 0 spiro atoms. The van der Waals surface area contributed by atoms with Crippen LogP contribution in [-0.2, 0) is 9.53 Å². The van der Waals surface area contributed by atoms with Crippen molar-refractivity contribution in [3.8, 4) is 0 Å². The van der Waals surface area contributed by atoms with Crippen LogP contribution in [0, 0.1) is 6.92 Å². The quantitative estimate of drug-likeness (QED) is 0.910. The van der Waals surface area contributed by atoms with E-state index in [1.807, 2.05) is 26.0 Å². The van der Waals surface area contributed by atoms with Crippen LogP contribution in [0.3, 0.4) is 0 Å². The van der Waals surface area contributed by atoms with Crippen LogP contribution in [-0.4, -0.2) is 47.2 Å². The van der Waals surface area contributed by atoms with Crippen molar-refractivity contribution in [2.24, 2.45) is 0 Å². The SMILES string of the molecule is Cc1cc(Br)cc(C(=O)N2CC(C)(OCC(=O)O)C2)c1. The first-order valence-electron chi connectivity index (χ1n) is 6.21. The highest BCUT2D eigenvalue weighted by atomic mass is 79.9. The summed E-state index contributed by atoms with van der Waals surface area (Å²) in [5.74, 6) is -1.07. The number of hydrogen-bond acceptors (Lipinski definition) is 3. The van der Waals surface area contributed by atoms with Crippen molar-refractivity contribution in [3.05, 3.63) is 33.8 Å². The van der Waals surface area contributed by atoms with Crippen molar-refractivity contribution in [1.82, 2.24) is 4.90 Å². The van der Waals surface area contributed by atoms with Crippen LogP contribution >= 0.6 is 15.9 Å². The molecule has 1 aromatic rings. The summed E-state index contributed by atoms with van der Waals surface area (Å²) >= 11 is 3.37. The largest absolute Gasteiger partial charge is 0.480 e. The molecule has 0 saturated carbocycles. The molecule has 108 valence electrons. The number of carbonyl (C=O) groups excluding carboxylic acids is 1. The zero-order valence-electron chi connectivity index (χ0n) is 11.4. The number of aliphatic carboxylic acids is 1. The van der Waals surface area contributed by atoms with E-state index in [4.69, 9.17) is 9.84 Å². The summed E-state index contributed by atoms with van der Waals surface area (Å²) in [5.41, 5.74) is 1.07. The molecule has 0 aromatic heterocycles. The summed E-state index contributed by atoms with van der Waals surface area (Å²) in [6.45, 7) is 4.22. The minimum atomic E-state index is -1.00. The van der Waals surface area contributed by atoms with Crippen LogP contribution in [0.2, 0.25) is 0 Å². The van der Waals surface area contributed by atoms with E-state index in [-0.39, 0.29) is 12.5 Å². The molecule has 0 radical (unpaired) electrons. The number of carboxylic acids is 1. The third kappa shape index (κ3) is 3.37. The van der Waals surface area contributed by atoms with E-state index in [2.05, 4.69) is 15.9 Å². The van der Waals surface area contributed by atoms with E-state index in [1.165, 1.54) is 0 Å². The molecule has 0 unspecified atom stereocenters. The molecule has 0 bridgehead atoms. The molecule has 0 atom stereocenters. The normalized spacial score (nSPS) is 16.6. The molecule has 1 amide bonds. The maximum atomic E-state index is 12.3. The number of likely N-dealkylation sites (tertiary alicyclic amines) is 1. The lowest BCUT2D eigenvalue weighted by molar-refractivity contribution is -0.159. The second-order valence-corrected chi connectivity index (χ2v) is 6.23. The Morgan fingerprint density at radius 3 is 2.60 bits per heavy atom.